The molecule has 0 saturated heterocycles. The molecule has 0 fully saturated rings. The van der Waals surface area contributed by atoms with Gasteiger partial charge in [0.25, 0.3) is 5.56 Å². The van der Waals surface area contributed by atoms with Crippen LogP contribution in [0.25, 0.3) is 5.65 Å². The summed E-state index contributed by atoms with van der Waals surface area (Å²) >= 11 is 5.90. The summed E-state index contributed by atoms with van der Waals surface area (Å²) < 4.78 is 1.44. The van der Waals surface area contributed by atoms with Crippen LogP contribution in [0.4, 0.5) is 0 Å². The average molecular weight is 324 g/mol. The van der Waals surface area contributed by atoms with E-state index >= 15 is 0 Å². The maximum absolute atomic E-state index is 12.1. The Morgan fingerprint density at radius 3 is 2.86 bits per heavy atom. The number of hydrogen-bond acceptors (Lipinski definition) is 4. The minimum absolute atomic E-state index is 0.105. The van der Waals surface area contributed by atoms with Crippen molar-refractivity contribution in [2.24, 2.45) is 0 Å². The van der Waals surface area contributed by atoms with E-state index in [1.54, 1.807) is 18.3 Å². The van der Waals surface area contributed by atoms with Crippen molar-refractivity contribution in [3.63, 3.8) is 0 Å². The van der Waals surface area contributed by atoms with Crippen LogP contribution in [-0.2, 0) is 6.54 Å². The average Bonchev–Trinajstić information content (AvgIpc) is 2.48. The molecule has 2 heterocycles. The molecule has 120 valence electrons. The molecule has 0 spiro atoms. The molecular weight excluding hydrogens is 302 g/mol. The molecule has 2 rings (SSSR count). The van der Waals surface area contributed by atoms with E-state index in [0.717, 1.165) is 31.5 Å². The van der Waals surface area contributed by atoms with Gasteiger partial charge >= 0.3 is 0 Å². The number of nitrogens with zero attached hydrogens (tertiary/aromatic N) is 3. The van der Waals surface area contributed by atoms with Crippen molar-refractivity contribution in [1.29, 1.82) is 0 Å². The summed E-state index contributed by atoms with van der Waals surface area (Å²) in [6.45, 7) is 4.32. The monoisotopic (exact) mass is 323 g/mol. The van der Waals surface area contributed by atoms with Gasteiger partial charge < -0.3 is 5.11 Å². The first-order valence-electron chi connectivity index (χ1n) is 7.65. The number of fused-ring (bicyclic) bond motifs is 1. The van der Waals surface area contributed by atoms with E-state index in [4.69, 9.17) is 11.6 Å². The zero-order valence-electron chi connectivity index (χ0n) is 12.8. The predicted octanol–water partition coefficient (Wildman–Crippen LogP) is 2.33. The van der Waals surface area contributed by atoms with E-state index in [1.165, 1.54) is 10.5 Å². The topological polar surface area (TPSA) is 57.8 Å². The van der Waals surface area contributed by atoms with Crippen LogP contribution in [0.5, 0.6) is 0 Å². The molecule has 0 aromatic carbocycles. The number of halogens is 1. The van der Waals surface area contributed by atoms with Crippen LogP contribution in [0.1, 0.15) is 31.9 Å². The van der Waals surface area contributed by atoms with E-state index in [-0.39, 0.29) is 12.2 Å². The number of rotatable bonds is 8. The third-order valence-corrected chi connectivity index (χ3v) is 3.78. The van der Waals surface area contributed by atoms with Crippen molar-refractivity contribution in [3.05, 3.63) is 45.5 Å². The molecule has 0 atom stereocenters. The molecule has 2 aromatic heterocycles. The molecule has 0 unspecified atom stereocenters. The standard InChI is InChI=1S/C16H22ClN3O2/c1-2-3-4-7-19(8-9-21)12-14-10-16(22)20-11-13(17)5-6-15(20)18-14/h5-6,10-11,21H,2-4,7-9,12H2,1H3. The van der Waals surface area contributed by atoms with Gasteiger partial charge in [0.2, 0.25) is 0 Å². The highest BCUT2D eigenvalue weighted by Crippen LogP contribution is 2.09. The van der Waals surface area contributed by atoms with Crippen LogP contribution in [0.2, 0.25) is 5.02 Å². The second-order valence-electron chi connectivity index (χ2n) is 5.37. The molecule has 0 bridgehead atoms. The summed E-state index contributed by atoms with van der Waals surface area (Å²) in [5.41, 5.74) is 1.17. The van der Waals surface area contributed by atoms with Gasteiger partial charge in [-0.25, -0.2) is 4.98 Å². The van der Waals surface area contributed by atoms with Gasteiger partial charge in [-0.2, -0.15) is 0 Å². The summed E-state index contributed by atoms with van der Waals surface area (Å²) in [5, 5.41) is 9.69. The van der Waals surface area contributed by atoms with Gasteiger partial charge in [-0.05, 0) is 25.1 Å². The Labute approximate surface area is 135 Å². The van der Waals surface area contributed by atoms with E-state index in [0.29, 0.717) is 23.8 Å². The normalized spacial score (nSPS) is 11.5. The van der Waals surface area contributed by atoms with Crippen molar-refractivity contribution in [2.45, 2.75) is 32.7 Å². The SMILES string of the molecule is CCCCCN(CCO)Cc1cc(=O)n2cc(Cl)ccc2n1. The van der Waals surface area contributed by atoms with Crippen LogP contribution >= 0.6 is 11.6 Å². The summed E-state index contributed by atoms with van der Waals surface area (Å²) in [7, 11) is 0. The number of unbranched alkanes of at least 4 members (excludes halogenated alkanes) is 2. The van der Waals surface area contributed by atoms with E-state index < -0.39 is 0 Å². The van der Waals surface area contributed by atoms with Crippen molar-refractivity contribution < 1.29 is 5.11 Å². The van der Waals surface area contributed by atoms with Crippen molar-refractivity contribution >= 4 is 17.2 Å². The Kier molecular flexibility index (Phi) is 6.36. The van der Waals surface area contributed by atoms with Gasteiger partial charge in [-0.3, -0.25) is 14.1 Å². The van der Waals surface area contributed by atoms with Crippen molar-refractivity contribution in [2.75, 3.05) is 19.7 Å². The third kappa shape index (κ3) is 4.53. The summed E-state index contributed by atoms with van der Waals surface area (Å²) in [6.07, 6.45) is 4.97. The lowest BCUT2D eigenvalue weighted by Crippen LogP contribution is -2.29. The van der Waals surface area contributed by atoms with Gasteiger partial charge in [0.15, 0.2) is 0 Å². The van der Waals surface area contributed by atoms with Gasteiger partial charge in [-0.15, -0.1) is 0 Å². The lowest BCUT2D eigenvalue weighted by atomic mass is 10.2. The highest BCUT2D eigenvalue weighted by Gasteiger charge is 2.09. The van der Waals surface area contributed by atoms with Gasteiger partial charge in [0.05, 0.1) is 17.3 Å². The fraction of sp³-hybridized carbons (Fsp3) is 0.500. The molecule has 0 radical (unpaired) electrons. The van der Waals surface area contributed by atoms with E-state index in [2.05, 4.69) is 16.8 Å². The molecule has 0 aliphatic heterocycles. The maximum atomic E-state index is 12.1. The molecule has 0 aliphatic rings. The Morgan fingerprint density at radius 2 is 2.14 bits per heavy atom. The van der Waals surface area contributed by atoms with Crippen molar-refractivity contribution in [1.82, 2.24) is 14.3 Å². The summed E-state index contributed by atoms with van der Waals surface area (Å²) in [4.78, 5) is 18.8. The molecule has 22 heavy (non-hydrogen) atoms. The summed E-state index contributed by atoms with van der Waals surface area (Å²) in [5.74, 6) is 0. The first-order valence-corrected chi connectivity index (χ1v) is 8.03. The lowest BCUT2D eigenvalue weighted by molar-refractivity contribution is 0.186. The van der Waals surface area contributed by atoms with Crippen LogP contribution in [-0.4, -0.2) is 39.1 Å². The zero-order chi connectivity index (χ0) is 15.9. The first kappa shape index (κ1) is 16.9. The lowest BCUT2D eigenvalue weighted by Gasteiger charge is -2.20. The molecule has 0 aliphatic carbocycles. The fourth-order valence-corrected chi connectivity index (χ4v) is 2.59. The van der Waals surface area contributed by atoms with Gasteiger partial charge in [0.1, 0.15) is 5.65 Å². The van der Waals surface area contributed by atoms with Crippen LogP contribution in [0, 0.1) is 0 Å². The molecule has 2 aromatic rings. The number of aromatic nitrogens is 2. The third-order valence-electron chi connectivity index (χ3n) is 3.56. The fourth-order valence-electron chi connectivity index (χ4n) is 2.43. The van der Waals surface area contributed by atoms with Crippen LogP contribution < -0.4 is 5.56 Å². The predicted molar refractivity (Wildman–Crippen MR) is 88.4 cm³/mol. The molecule has 1 N–H and O–H groups in total. The minimum Gasteiger partial charge on any atom is -0.395 e. The van der Waals surface area contributed by atoms with Crippen molar-refractivity contribution in [3.8, 4) is 0 Å². The highest BCUT2D eigenvalue weighted by molar-refractivity contribution is 6.30. The summed E-state index contributed by atoms with van der Waals surface area (Å²) in [6, 6.07) is 4.99. The van der Waals surface area contributed by atoms with E-state index in [1.807, 2.05) is 0 Å². The number of pyridine rings is 1. The number of hydrogen-bond donors (Lipinski definition) is 1. The Hall–Kier alpha value is -1.43. The quantitative estimate of drug-likeness (QED) is 0.758. The van der Waals surface area contributed by atoms with E-state index in [9.17, 15) is 9.90 Å². The Balaban J connectivity index is 2.18. The molecular formula is C16H22ClN3O2. The van der Waals surface area contributed by atoms with Crippen LogP contribution in [0.15, 0.2) is 29.2 Å². The first-order chi connectivity index (χ1) is 10.6. The molecule has 0 saturated carbocycles. The number of aliphatic hydroxyl groups excluding tert-OH is 1. The molecule has 6 heteroatoms. The minimum atomic E-state index is -0.139. The smallest absolute Gasteiger partial charge is 0.258 e. The Bertz CT molecular complexity index is 672. The van der Waals surface area contributed by atoms with Gasteiger partial charge in [-0.1, -0.05) is 31.4 Å². The zero-order valence-corrected chi connectivity index (χ0v) is 13.6. The van der Waals surface area contributed by atoms with Gasteiger partial charge in [0, 0.05) is 25.4 Å². The second-order valence-corrected chi connectivity index (χ2v) is 5.80. The maximum Gasteiger partial charge on any atom is 0.258 e. The number of aliphatic hydroxyl groups is 1. The highest BCUT2D eigenvalue weighted by atomic mass is 35.5. The largest absolute Gasteiger partial charge is 0.395 e. The van der Waals surface area contributed by atoms with Crippen LogP contribution in [0.3, 0.4) is 0 Å². The molecule has 0 amide bonds. The second kappa shape index (κ2) is 8.27. The Morgan fingerprint density at radius 1 is 1.32 bits per heavy atom. The molecule has 5 nitrogen and oxygen atoms in total.